The lowest BCUT2D eigenvalue weighted by Gasteiger charge is -2.27. The minimum absolute atomic E-state index is 0.0492. The Labute approximate surface area is 221 Å². The van der Waals surface area contributed by atoms with Gasteiger partial charge in [0.15, 0.2) is 5.82 Å². The summed E-state index contributed by atoms with van der Waals surface area (Å²) in [5, 5.41) is 9.25. The zero-order valence-corrected chi connectivity index (χ0v) is 21.7. The second kappa shape index (κ2) is 12.6. The first-order chi connectivity index (χ1) is 17.9. The summed E-state index contributed by atoms with van der Waals surface area (Å²) in [7, 11) is 0. The Morgan fingerprint density at radius 1 is 0.946 bits per heavy atom. The average molecular weight is 524 g/mol. The maximum Gasteiger partial charge on any atom is 0.254 e. The number of anilines is 1. The molecule has 9 heteroatoms. The summed E-state index contributed by atoms with van der Waals surface area (Å²) in [5.74, 6) is 0.229. The highest BCUT2D eigenvalue weighted by Gasteiger charge is 2.24. The Hall–Kier alpha value is -3.52. The van der Waals surface area contributed by atoms with Crippen LogP contribution in [0.25, 0.3) is 11.3 Å². The van der Waals surface area contributed by atoms with Gasteiger partial charge in [0.25, 0.3) is 5.91 Å². The van der Waals surface area contributed by atoms with Crippen LogP contribution in [-0.2, 0) is 4.79 Å². The Balaban J connectivity index is 1.37. The van der Waals surface area contributed by atoms with Gasteiger partial charge >= 0.3 is 0 Å². The molecule has 1 aromatic heterocycles. The number of nitrogens with zero attached hydrogens (tertiary/aromatic N) is 5. The van der Waals surface area contributed by atoms with E-state index in [2.05, 4.69) is 22.0 Å². The fourth-order valence-electron chi connectivity index (χ4n) is 4.30. The molecule has 2 amide bonds. The van der Waals surface area contributed by atoms with E-state index in [1.807, 2.05) is 17.0 Å². The number of amides is 2. The minimum atomic E-state index is -0.292. The molecule has 2 heterocycles. The van der Waals surface area contributed by atoms with E-state index in [0.717, 1.165) is 37.2 Å². The van der Waals surface area contributed by atoms with Gasteiger partial charge in [-0.05, 0) is 73.5 Å². The number of aromatic nitrogens is 2. The van der Waals surface area contributed by atoms with Crippen molar-refractivity contribution in [2.75, 3.05) is 44.2 Å². The minimum Gasteiger partial charge on any atom is -0.353 e. The van der Waals surface area contributed by atoms with Gasteiger partial charge in [-0.2, -0.15) is 0 Å². The van der Waals surface area contributed by atoms with Crippen molar-refractivity contribution in [1.82, 2.24) is 20.0 Å². The fraction of sp³-hybridized carbons (Fsp3) is 0.357. The molecule has 0 aliphatic carbocycles. The van der Waals surface area contributed by atoms with Crippen molar-refractivity contribution < 1.29 is 14.0 Å². The van der Waals surface area contributed by atoms with Crippen LogP contribution in [0, 0.1) is 5.82 Å². The largest absolute Gasteiger partial charge is 0.353 e. The van der Waals surface area contributed by atoms with E-state index in [-0.39, 0.29) is 24.2 Å². The third-order valence-electron chi connectivity index (χ3n) is 6.45. The van der Waals surface area contributed by atoms with Gasteiger partial charge in [0.05, 0.1) is 5.69 Å². The summed E-state index contributed by atoms with van der Waals surface area (Å²) in [6, 6.07) is 16.7. The van der Waals surface area contributed by atoms with Gasteiger partial charge in [-0.3, -0.25) is 9.59 Å². The Morgan fingerprint density at radius 2 is 1.70 bits per heavy atom. The Kier molecular flexibility index (Phi) is 9.06. The molecule has 1 saturated heterocycles. The molecule has 0 bridgehead atoms. The molecule has 37 heavy (non-hydrogen) atoms. The quantitative estimate of drug-likeness (QED) is 0.419. The lowest BCUT2D eigenvalue weighted by Crippen LogP contribution is -2.44. The number of halogens is 2. The molecule has 194 valence electrons. The molecule has 0 N–H and O–H groups in total. The normalized spacial score (nSPS) is 13.8. The van der Waals surface area contributed by atoms with E-state index >= 15 is 0 Å². The van der Waals surface area contributed by atoms with Crippen LogP contribution in [0.3, 0.4) is 0 Å². The van der Waals surface area contributed by atoms with E-state index in [0.29, 0.717) is 42.5 Å². The van der Waals surface area contributed by atoms with Gasteiger partial charge < -0.3 is 14.7 Å². The second-order valence-electron chi connectivity index (χ2n) is 9.09. The maximum absolute atomic E-state index is 13.2. The third-order valence-corrected chi connectivity index (χ3v) is 6.70. The van der Waals surface area contributed by atoms with Crippen LogP contribution in [0.4, 0.5) is 10.2 Å². The van der Waals surface area contributed by atoms with Crippen molar-refractivity contribution in [2.24, 2.45) is 0 Å². The third kappa shape index (κ3) is 7.04. The van der Waals surface area contributed by atoms with Crippen LogP contribution in [0.1, 0.15) is 36.5 Å². The molecule has 1 aliphatic heterocycles. The summed E-state index contributed by atoms with van der Waals surface area (Å²) < 4.78 is 13.2. The molecule has 1 fully saturated rings. The molecule has 0 saturated carbocycles. The Bertz CT molecular complexity index is 1190. The number of benzene rings is 2. The molecule has 1 aliphatic rings. The number of carbonyl (C=O) groups excluding carboxylic acids is 2. The van der Waals surface area contributed by atoms with Crippen LogP contribution in [-0.4, -0.2) is 71.1 Å². The first-order valence-electron chi connectivity index (χ1n) is 12.6. The fourth-order valence-corrected chi connectivity index (χ4v) is 4.43. The summed E-state index contributed by atoms with van der Waals surface area (Å²) in [5.41, 5.74) is 2.00. The number of hydrogen-bond acceptors (Lipinski definition) is 5. The van der Waals surface area contributed by atoms with Crippen molar-refractivity contribution in [3.63, 3.8) is 0 Å². The number of hydrogen-bond donors (Lipinski definition) is 0. The summed E-state index contributed by atoms with van der Waals surface area (Å²) >= 11 is 5.97. The first-order valence-corrected chi connectivity index (χ1v) is 13.0. The predicted molar refractivity (Wildman–Crippen MR) is 143 cm³/mol. The number of carbonyl (C=O) groups is 2. The monoisotopic (exact) mass is 523 g/mol. The van der Waals surface area contributed by atoms with Gasteiger partial charge in [-0.15, -0.1) is 10.2 Å². The molecule has 4 rings (SSSR count). The molecule has 0 unspecified atom stereocenters. The Morgan fingerprint density at radius 3 is 2.38 bits per heavy atom. The van der Waals surface area contributed by atoms with E-state index in [9.17, 15) is 14.0 Å². The standard InChI is InChI=1S/C28H31ClFN5O2/c1-2-3-15-35(28(37)22-5-9-23(29)10-6-22)20-27(36)34-17-4-16-33(18-19-34)26-14-13-25(31-32-26)21-7-11-24(30)12-8-21/h5-14H,2-4,15-20H2,1H3. The van der Waals surface area contributed by atoms with Crippen LogP contribution in [0.2, 0.25) is 5.02 Å². The second-order valence-corrected chi connectivity index (χ2v) is 9.53. The van der Waals surface area contributed by atoms with E-state index in [4.69, 9.17) is 11.6 Å². The van der Waals surface area contributed by atoms with Crippen molar-refractivity contribution >= 4 is 29.2 Å². The molecule has 0 radical (unpaired) electrons. The molecule has 7 nitrogen and oxygen atoms in total. The molecular weight excluding hydrogens is 493 g/mol. The number of rotatable bonds is 8. The highest BCUT2D eigenvalue weighted by Crippen LogP contribution is 2.20. The van der Waals surface area contributed by atoms with Crippen molar-refractivity contribution in [2.45, 2.75) is 26.2 Å². The van der Waals surface area contributed by atoms with Crippen molar-refractivity contribution in [3.05, 3.63) is 77.1 Å². The smallest absolute Gasteiger partial charge is 0.254 e. The topological polar surface area (TPSA) is 69.6 Å². The zero-order valence-electron chi connectivity index (χ0n) is 20.9. The molecule has 3 aromatic rings. The average Bonchev–Trinajstić information content (AvgIpc) is 3.18. The first kappa shape index (κ1) is 26.5. The van der Waals surface area contributed by atoms with E-state index in [1.165, 1.54) is 12.1 Å². The SMILES string of the molecule is CCCCN(CC(=O)N1CCCN(c2ccc(-c3ccc(F)cc3)nn2)CC1)C(=O)c1ccc(Cl)cc1. The van der Waals surface area contributed by atoms with Gasteiger partial charge in [-0.1, -0.05) is 24.9 Å². The highest BCUT2D eigenvalue weighted by atomic mass is 35.5. The number of unbranched alkanes of at least 4 members (excludes halogenated alkanes) is 1. The summed E-state index contributed by atoms with van der Waals surface area (Å²) in [4.78, 5) is 31.9. The van der Waals surface area contributed by atoms with Crippen LogP contribution >= 0.6 is 11.6 Å². The lowest BCUT2D eigenvalue weighted by atomic mass is 10.1. The van der Waals surface area contributed by atoms with Crippen molar-refractivity contribution in [3.8, 4) is 11.3 Å². The molecule has 0 atom stereocenters. The summed E-state index contributed by atoms with van der Waals surface area (Å²) in [6.45, 7) is 5.16. The van der Waals surface area contributed by atoms with Crippen LogP contribution < -0.4 is 4.90 Å². The van der Waals surface area contributed by atoms with Crippen LogP contribution in [0.15, 0.2) is 60.7 Å². The predicted octanol–water partition coefficient (Wildman–Crippen LogP) is 4.92. The van der Waals surface area contributed by atoms with Gasteiger partial charge in [0.2, 0.25) is 5.91 Å². The zero-order chi connectivity index (χ0) is 26.2. The van der Waals surface area contributed by atoms with Gasteiger partial charge in [0.1, 0.15) is 12.4 Å². The summed E-state index contributed by atoms with van der Waals surface area (Å²) in [6.07, 6.45) is 2.54. The maximum atomic E-state index is 13.2. The van der Waals surface area contributed by atoms with Gasteiger partial charge in [0, 0.05) is 48.9 Å². The molecule has 2 aromatic carbocycles. The van der Waals surface area contributed by atoms with Gasteiger partial charge in [-0.25, -0.2) is 4.39 Å². The highest BCUT2D eigenvalue weighted by molar-refractivity contribution is 6.30. The lowest BCUT2D eigenvalue weighted by molar-refractivity contribution is -0.131. The van der Waals surface area contributed by atoms with E-state index in [1.54, 1.807) is 41.3 Å². The van der Waals surface area contributed by atoms with E-state index < -0.39 is 0 Å². The molecular formula is C28H31ClFN5O2. The van der Waals surface area contributed by atoms with Crippen LogP contribution in [0.5, 0.6) is 0 Å². The molecule has 0 spiro atoms. The van der Waals surface area contributed by atoms with Crippen molar-refractivity contribution in [1.29, 1.82) is 0 Å².